The van der Waals surface area contributed by atoms with Crippen LogP contribution >= 0.6 is 0 Å². The van der Waals surface area contributed by atoms with Gasteiger partial charge in [-0.15, -0.1) is 6.58 Å². The van der Waals surface area contributed by atoms with Crippen LogP contribution in [0.3, 0.4) is 0 Å². The van der Waals surface area contributed by atoms with Crippen LogP contribution in [0.25, 0.3) is 0 Å². The van der Waals surface area contributed by atoms with E-state index in [0.717, 1.165) is 11.5 Å². The van der Waals surface area contributed by atoms with Gasteiger partial charge in [-0.05, 0) is 39.3 Å². The predicted octanol–water partition coefficient (Wildman–Crippen LogP) is 2.23. The Morgan fingerprint density at radius 3 is 2.67 bits per heavy atom. The van der Waals surface area contributed by atoms with Crippen LogP contribution in [0.5, 0.6) is 0 Å². The lowest BCUT2D eigenvalue weighted by atomic mass is 10.1. The van der Waals surface area contributed by atoms with E-state index < -0.39 is 6.04 Å². The zero-order valence-corrected chi connectivity index (χ0v) is 11.3. The lowest BCUT2D eigenvalue weighted by Gasteiger charge is -2.28. The number of carbonyl (C=O) groups excluding carboxylic acids is 1. The first-order valence-electron chi connectivity index (χ1n) is 6.18. The van der Waals surface area contributed by atoms with Crippen LogP contribution in [0, 0.1) is 6.92 Å². The molecule has 0 spiro atoms. The molecule has 0 aliphatic carbocycles. The lowest BCUT2D eigenvalue weighted by Crippen LogP contribution is -2.46. The fourth-order valence-electron chi connectivity index (χ4n) is 1.75. The monoisotopic (exact) mass is 250 g/mol. The summed E-state index contributed by atoms with van der Waals surface area (Å²) in [6.45, 7) is 9.88. The summed E-state index contributed by atoms with van der Waals surface area (Å²) < 4.78 is 5.50. The Balaban J connectivity index is 2.76. The van der Waals surface area contributed by atoms with Gasteiger partial charge in [0.2, 0.25) is 5.91 Å². The van der Waals surface area contributed by atoms with E-state index >= 15 is 0 Å². The van der Waals surface area contributed by atoms with E-state index in [4.69, 9.17) is 10.2 Å². The lowest BCUT2D eigenvalue weighted by molar-refractivity contribution is -0.135. The van der Waals surface area contributed by atoms with Crippen molar-refractivity contribution in [3.8, 4) is 0 Å². The number of amides is 1. The number of furan rings is 1. The van der Waals surface area contributed by atoms with E-state index in [1.807, 2.05) is 32.9 Å². The molecule has 0 aliphatic heterocycles. The van der Waals surface area contributed by atoms with Gasteiger partial charge in [0.05, 0.1) is 12.6 Å². The first-order chi connectivity index (χ1) is 8.45. The van der Waals surface area contributed by atoms with E-state index in [1.165, 1.54) is 0 Å². The number of hydrogen-bond acceptors (Lipinski definition) is 3. The van der Waals surface area contributed by atoms with Crippen molar-refractivity contribution in [2.45, 2.75) is 45.8 Å². The van der Waals surface area contributed by atoms with Crippen LogP contribution in [0.2, 0.25) is 0 Å². The van der Waals surface area contributed by atoms with Crippen LogP contribution in [0.15, 0.2) is 29.2 Å². The molecule has 0 fully saturated rings. The third-order valence-electron chi connectivity index (χ3n) is 2.77. The largest absolute Gasteiger partial charge is 0.464 e. The van der Waals surface area contributed by atoms with Gasteiger partial charge in [-0.25, -0.2) is 0 Å². The highest BCUT2D eigenvalue weighted by Gasteiger charge is 2.23. The van der Waals surface area contributed by atoms with Crippen molar-refractivity contribution < 1.29 is 9.21 Å². The topological polar surface area (TPSA) is 59.5 Å². The van der Waals surface area contributed by atoms with Crippen LogP contribution < -0.4 is 5.73 Å². The van der Waals surface area contributed by atoms with E-state index in [1.54, 1.807) is 11.0 Å². The van der Waals surface area contributed by atoms with Crippen LogP contribution in [0.1, 0.15) is 31.8 Å². The minimum Gasteiger partial charge on any atom is -0.464 e. The number of nitrogens with zero attached hydrogens (tertiary/aromatic N) is 1. The van der Waals surface area contributed by atoms with E-state index in [9.17, 15) is 4.79 Å². The highest BCUT2D eigenvalue weighted by Crippen LogP contribution is 2.13. The van der Waals surface area contributed by atoms with Gasteiger partial charge in [-0.1, -0.05) is 6.08 Å². The summed E-state index contributed by atoms with van der Waals surface area (Å²) in [5, 5.41) is 0. The van der Waals surface area contributed by atoms with Gasteiger partial charge in [0.15, 0.2) is 0 Å². The minimum absolute atomic E-state index is 0.0704. The van der Waals surface area contributed by atoms with Crippen LogP contribution in [0.4, 0.5) is 0 Å². The Morgan fingerprint density at radius 2 is 2.22 bits per heavy atom. The van der Waals surface area contributed by atoms with Crippen molar-refractivity contribution in [1.82, 2.24) is 4.90 Å². The summed E-state index contributed by atoms with van der Waals surface area (Å²) in [7, 11) is 0. The number of hydrogen-bond donors (Lipinski definition) is 1. The fourth-order valence-corrected chi connectivity index (χ4v) is 1.75. The van der Waals surface area contributed by atoms with Gasteiger partial charge in [-0.2, -0.15) is 0 Å². The molecule has 100 valence electrons. The van der Waals surface area contributed by atoms with Crippen LogP contribution in [-0.4, -0.2) is 22.9 Å². The fraction of sp³-hybridized carbons (Fsp3) is 0.500. The van der Waals surface area contributed by atoms with Crippen molar-refractivity contribution in [3.63, 3.8) is 0 Å². The first kappa shape index (κ1) is 14.5. The smallest absolute Gasteiger partial charge is 0.240 e. The molecule has 0 saturated carbocycles. The molecule has 1 aromatic heterocycles. The summed E-state index contributed by atoms with van der Waals surface area (Å²) in [6, 6.07) is 3.33. The molecule has 0 radical (unpaired) electrons. The number of nitrogens with two attached hydrogens (primary N) is 1. The number of rotatable bonds is 6. The Hall–Kier alpha value is -1.55. The summed E-state index contributed by atoms with van der Waals surface area (Å²) in [6.07, 6.45) is 2.15. The number of aryl methyl sites for hydroxylation is 1. The molecule has 18 heavy (non-hydrogen) atoms. The van der Waals surface area contributed by atoms with E-state index in [-0.39, 0.29) is 11.9 Å². The summed E-state index contributed by atoms with van der Waals surface area (Å²) in [4.78, 5) is 13.9. The molecule has 1 atom stereocenters. The van der Waals surface area contributed by atoms with Gasteiger partial charge in [0.25, 0.3) is 0 Å². The molecular weight excluding hydrogens is 228 g/mol. The maximum absolute atomic E-state index is 12.2. The zero-order chi connectivity index (χ0) is 13.7. The van der Waals surface area contributed by atoms with Crippen molar-refractivity contribution >= 4 is 5.91 Å². The SMILES string of the molecule is C=CCC(N)C(=O)N(Cc1ccc(C)o1)C(C)C. The molecule has 2 N–H and O–H groups in total. The second-order valence-electron chi connectivity index (χ2n) is 4.70. The highest BCUT2D eigenvalue weighted by molar-refractivity contribution is 5.82. The normalized spacial score (nSPS) is 12.5. The Kier molecular flexibility index (Phi) is 5.16. The third-order valence-corrected chi connectivity index (χ3v) is 2.77. The maximum Gasteiger partial charge on any atom is 0.240 e. The van der Waals surface area contributed by atoms with Crippen molar-refractivity contribution in [1.29, 1.82) is 0 Å². The second kappa shape index (κ2) is 6.40. The number of carbonyl (C=O) groups is 1. The predicted molar refractivity (Wildman–Crippen MR) is 71.9 cm³/mol. The standard InChI is InChI=1S/C14H22N2O2/c1-5-6-13(15)14(17)16(10(2)3)9-12-8-7-11(4)18-12/h5,7-8,10,13H,1,6,9,15H2,2-4H3. The second-order valence-corrected chi connectivity index (χ2v) is 4.70. The molecule has 0 aliphatic rings. The van der Waals surface area contributed by atoms with Gasteiger partial charge in [0.1, 0.15) is 11.5 Å². The summed E-state index contributed by atoms with van der Waals surface area (Å²) in [5.41, 5.74) is 5.83. The molecule has 0 saturated heterocycles. The van der Waals surface area contributed by atoms with Gasteiger partial charge in [0, 0.05) is 6.04 Å². The molecule has 4 nitrogen and oxygen atoms in total. The molecule has 4 heteroatoms. The van der Waals surface area contributed by atoms with E-state index in [2.05, 4.69) is 6.58 Å². The van der Waals surface area contributed by atoms with E-state index in [0.29, 0.717) is 13.0 Å². The first-order valence-corrected chi connectivity index (χ1v) is 6.18. The third kappa shape index (κ3) is 3.74. The Bertz CT molecular complexity index is 410. The molecule has 1 amide bonds. The minimum atomic E-state index is -0.527. The van der Waals surface area contributed by atoms with Crippen molar-refractivity contribution in [3.05, 3.63) is 36.3 Å². The molecule has 1 unspecified atom stereocenters. The molecule has 1 aromatic rings. The summed E-state index contributed by atoms with van der Waals surface area (Å²) >= 11 is 0. The van der Waals surface area contributed by atoms with Crippen molar-refractivity contribution in [2.24, 2.45) is 5.73 Å². The molecule has 0 bridgehead atoms. The van der Waals surface area contributed by atoms with Gasteiger partial charge in [-0.3, -0.25) is 4.79 Å². The molecule has 1 rings (SSSR count). The Labute approximate surface area is 108 Å². The van der Waals surface area contributed by atoms with Gasteiger partial charge < -0.3 is 15.1 Å². The quantitative estimate of drug-likeness (QED) is 0.788. The van der Waals surface area contributed by atoms with Crippen LogP contribution in [-0.2, 0) is 11.3 Å². The average Bonchev–Trinajstić information content (AvgIpc) is 2.71. The van der Waals surface area contributed by atoms with Crippen molar-refractivity contribution in [2.75, 3.05) is 0 Å². The molecular formula is C14H22N2O2. The average molecular weight is 250 g/mol. The zero-order valence-electron chi connectivity index (χ0n) is 11.3. The summed E-state index contributed by atoms with van der Waals surface area (Å²) in [5.74, 6) is 1.55. The maximum atomic E-state index is 12.2. The molecule has 0 aromatic carbocycles. The molecule has 1 heterocycles. The Morgan fingerprint density at radius 1 is 1.56 bits per heavy atom. The van der Waals surface area contributed by atoms with Gasteiger partial charge >= 0.3 is 0 Å². The highest BCUT2D eigenvalue weighted by atomic mass is 16.3.